The molecule has 0 bridgehead atoms. The summed E-state index contributed by atoms with van der Waals surface area (Å²) in [6, 6.07) is -0.00178. The van der Waals surface area contributed by atoms with E-state index in [-0.39, 0.29) is 17.9 Å². The van der Waals surface area contributed by atoms with Crippen LogP contribution in [0.1, 0.15) is 19.3 Å². The Hall–Kier alpha value is -1.48. The molecule has 0 spiro atoms. The average Bonchev–Trinajstić information content (AvgIpc) is 2.23. The van der Waals surface area contributed by atoms with E-state index in [1.54, 1.807) is 4.90 Å². The summed E-state index contributed by atoms with van der Waals surface area (Å²) in [5, 5.41) is 3.58. The van der Waals surface area contributed by atoms with Gasteiger partial charge in [0.1, 0.15) is 0 Å². The number of hydrogen-bond acceptors (Lipinski definition) is 2. The number of carbonyl (C=O) groups excluding carboxylic acids is 1. The number of rotatable bonds is 2. The van der Waals surface area contributed by atoms with Crippen molar-refractivity contribution in [3.8, 4) is 0 Å². The average molecular weight is 206 g/mol. The van der Waals surface area contributed by atoms with Crippen molar-refractivity contribution >= 4 is 5.91 Å². The monoisotopic (exact) mass is 206 g/mol. The van der Waals surface area contributed by atoms with Crippen molar-refractivity contribution in [2.75, 3.05) is 13.1 Å². The van der Waals surface area contributed by atoms with E-state index in [1.807, 2.05) is 0 Å². The second-order valence-electron chi connectivity index (χ2n) is 4.08. The van der Waals surface area contributed by atoms with Crippen molar-refractivity contribution < 1.29 is 4.79 Å². The van der Waals surface area contributed by atoms with Gasteiger partial charge in [0, 0.05) is 23.9 Å². The summed E-state index contributed by atoms with van der Waals surface area (Å²) < 4.78 is 0. The molecule has 1 aliphatic heterocycles. The second kappa shape index (κ2) is 4.36. The van der Waals surface area contributed by atoms with Crippen molar-refractivity contribution in [2.24, 2.45) is 11.0 Å². The van der Waals surface area contributed by atoms with E-state index >= 15 is 0 Å². The minimum Gasteiger partial charge on any atom is -0.341 e. The Morgan fingerprint density at radius 1 is 1.47 bits per heavy atom. The highest BCUT2D eigenvalue weighted by Crippen LogP contribution is 2.23. The van der Waals surface area contributed by atoms with Gasteiger partial charge in [0.25, 0.3) is 0 Å². The fourth-order valence-electron chi connectivity index (χ4n) is 2.06. The van der Waals surface area contributed by atoms with Gasteiger partial charge in [-0.25, -0.2) is 0 Å². The maximum Gasteiger partial charge on any atom is 0.226 e. The maximum atomic E-state index is 11.9. The van der Waals surface area contributed by atoms with Gasteiger partial charge in [-0.2, -0.15) is 0 Å². The fraction of sp³-hybridized carbons (Fsp3) is 0.700. The quantitative estimate of drug-likeness (QED) is 0.294. The molecule has 80 valence electrons. The lowest BCUT2D eigenvalue weighted by atomic mass is 9.91. The van der Waals surface area contributed by atoms with Gasteiger partial charge in [0.2, 0.25) is 5.91 Å². The third kappa shape index (κ3) is 2.13. The molecule has 0 saturated carbocycles. The van der Waals surface area contributed by atoms with Crippen LogP contribution < -0.4 is 0 Å². The molecule has 0 aromatic rings. The van der Waals surface area contributed by atoms with Crippen LogP contribution in [0.3, 0.4) is 0 Å². The van der Waals surface area contributed by atoms with Crippen LogP contribution in [0.4, 0.5) is 0 Å². The van der Waals surface area contributed by atoms with Crippen molar-refractivity contribution in [3.63, 3.8) is 0 Å². The molecule has 2 rings (SSSR count). The van der Waals surface area contributed by atoms with E-state index in [1.165, 1.54) is 0 Å². The first kappa shape index (κ1) is 10.1. The van der Waals surface area contributed by atoms with Crippen molar-refractivity contribution in [3.05, 3.63) is 22.6 Å². The molecule has 1 amide bonds. The first-order valence-electron chi connectivity index (χ1n) is 5.29. The van der Waals surface area contributed by atoms with Gasteiger partial charge in [-0.3, -0.25) is 4.79 Å². The zero-order valence-electron chi connectivity index (χ0n) is 8.54. The summed E-state index contributed by atoms with van der Waals surface area (Å²) in [7, 11) is 0. The van der Waals surface area contributed by atoms with Crippen LogP contribution in [-0.4, -0.2) is 29.9 Å². The predicted molar refractivity (Wildman–Crippen MR) is 56.0 cm³/mol. The zero-order valence-corrected chi connectivity index (χ0v) is 8.54. The van der Waals surface area contributed by atoms with Gasteiger partial charge in [0.05, 0.1) is 6.04 Å². The molecule has 0 N–H and O–H groups in total. The highest BCUT2D eigenvalue weighted by atomic mass is 16.2. The lowest BCUT2D eigenvalue weighted by Crippen LogP contribution is -2.54. The minimum atomic E-state index is -0.00178. The number of nitrogens with zero attached hydrogens (tertiary/aromatic N) is 4. The van der Waals surface area contributed by atoms with E-state index in [2.05, 4.69) is 22.2 Å². The van der Waals surface area contributed by atoms with Crippen LogP contribution in [0.25, 0.3) is 10.4 Å². The Bertz CT molecular complexity index is 326. The molecule has 5 heteroatoms. The van der Waals surface area contributed by atoms with E-state index in [0.29, 0.717) is 13.1 Å². The number of azide groups is 1. The molecule has 15 heavy (non-hydrogen) atoms. The van der Waals surface area contributed by atoms with Gasteiger partial charge in [-0.15, -0.1) is 0 Å². The smallest absolute Gasteiger partial charge is 0.226 e. The number of likely N-dealkylation sites (tertiary alicyclic amines) is 1. The largest absolute Gasteiger partial charge is 0.341 e. The van der Waals surface area contributed by atoms with E-state index in [9.17, 15) is 4.79 Å². The number of carbonyl (C=O) groups is 1. The SMILES string of the molecule is [N-]=[N+]=NC1CN(C(=O)C2CC=CCC2)C1. The summed E-state index contributed by atoms with van der Waals surface area (Å²) >= 11 is 0. The molecule has 1 aliphatic carbocycles. The highest BCUT2D eigenvalue weighted by molar-refractivity contribution is 5.80. The number of hydrogen-bond donors (Lipinski definition) is 0. The first-order chi connectivity index (χ1) is 7.31. The lowest BCUT2D eigenvalue weighted by Gasteiger charge is -2.39. The lowest BCUT2D eigenvalue weighted by molar-refractivity contribution is -0.140. The van der Waals surface area contributed by atoms with Gasteiger partial charge in [-0.1, -0.05) is 17.3 Å². The molecule has 1 saturated heterocycles. The third-order valence-electron chi connectivity index (χ3n) is 3.01. The van der Waals surface area contributed by atoms with E-state index in [4.69, 9.17) is 5.53 Å². The molecule has 1 fully saturated rings. The summed E-state index contributed by atoms with van der Waals surface area (Å²) in [6.07, 6.45) is 7.03. The second-order valence-corrected chi connectivity index (χ2v) is 4.08. The summed E-state index contributed by atoms with van der Waals surface area (Å²) in [5.74, 6) is 0.380. The van der Waals surface area contributed by atoms with Gasteiger partial charge in [-0.05, 0) is 24.8 Å². The molecular formula is C10H14N4O. The fourth-order valence-corrected chi connectivity index (χ4v) is 2.06. The van der Waals surface area contributed by atoms with Gasteiger partial charge < -0.3 is 4.90 Å². The Balaban J connectivity index is 1.83. The zero-order chi connectivity index (χ0) is 10.7. The molecule has 1 atom stereocenters. The maximum absolute atomic E-state index is 11.9. The van der Waals surface area contributed by atoms with Crippen LogP contribution in [0.2, 0.25) is 0 Å². The van der Waals surface area contributed by atoms with Crippen molar-refractivity contribution in [2.45, 2.75) is 25.3 Å². The van der Waals surface area contributed by atoms with E-state index < -0.39 is 0 Å². The van der Waals surface area contributed by atoms with Crippen LogP contribution in [0, 0.1) is 5.92 Å². The van der Waals surface area contributed by atoms with Gasteiger partial charge >= 0.3 is 0 Å². The highest BCUT2D eigenvalue weighted by Gasteiger charge is 2.33. The molecule has 1 unspecified atom stereocenters. The molecule has 0 aromatic heterocycles. The first-order valence-corrected chi connectivity index (χ1v) is 5.29. The standard InChI is InChI=1S/C10H14N4O/c11-13-12-9-6-14(7-9)10(15)8-4-2-1-3-5-8/h1-2,8-9H,3-7H2. The number of allylic oxidation sites excluding steroid dienone is 2. The Morgan fingerprint density at radius 2 is 2.27 bits per heavy atom. The molecule has 0 radical (unpaired) electrons. The van der Waals surface area contributed by atoms with Crippen LogP contribution >= 0.6 is 0 Å². The topological polar surface area (TPSA) is 69.1 Å². The minimum absolute atomic E-state index is 0.00178. The normalized spacial score (nSPS) is 25.6. The molecule has 1 heterocycles. The molecule has 0 aromatic carbocycles. The summed E-state index contributed by atoms with van der Waals surface area (Å²) in [5.41, 5.74) is 8.22. The van der Waals surface area contributed by atoms with Gasteiger partial charge in [0.15, 0.2) is 0 Å². The van der Waals surface area contributed by atoms with Crippen LogP contribution in [-0.2, 0) is 4.79 Å². The third-order valence-corrected chi connectivity index (χ3v) is 3.01. The van der Waals surface area contributed by atoms with Crippen LogP contribution in [0.15, 0.2) is 17.3 Å². The summed E-state index contributed by atoms with van der Waals surface area (Å²) in [4.78, 5) is 16.4. The van der Waals surface area contributed by atoms with Crippen molar-refractivity contribution in [1.82, 2.24) is 4.90 Å². The number of amides is 1. The Labute approximate surface area is 88.4 Å². The molecule has 5 nitrogen and oxygen atoms in total. The van der Waals surface area contributed by atoms with E-state index in [0.717, 1.165) is 19.3 Å². The molecule has 2 aliphatic rings. The Morgan fingerprint density at radius 3 is 2.87 bits per heavy atom. The Kier molecular flexibility index (Phi) is 2.92. The molecular weight excluding hydrogens is 192 g/mol. The summed E-state index contributed by atoms with van der Waals surface area (Å²) in [6.45, 7) is 1.20. The van der Waals surface area contributed by atoms with Crippen molar-refractivity contribution in [1.29, 1.82) is 0 Å². The predicted octanol–water partition coefficient (Wildman–Crippen LogP) is 1.86. The van der Waals surface area contributed by atoms with Crippen LogP contribution in [0.5, 0.6) is 0 Å².